The Morgan fingerprint density at radius 2 is 2.06 bits per heavy atom. The van der Waals surface area contributed by atoms with E-state index >= 15 is 0 Å². The Kier molecular flexibility index (Phi) is 3.38. The Hall–Kier alpha value is -1.68. The fraction of sp³-hybridized carbons (Fsp3) is 0.286. The maximum absolute atomic E-state index is 12.5. The number of hydrogen-bond donors (Lipinski definition) is 1. The van der Waals surface area contributed by atoms with E-state index in [9.17, 15) is 27.3 Å². The highest BCUT2D eigenvalue weighted by Gasteiger charge is 2.30. The second-order valence-corrected chi connectivity index (χ2v) is 4.60. The summed E-state index contributed by atoms with van der Waals surface area (Å²) in [6, 6.07) is 0.690. The number of rotatable bonds is 3. The van der Waals surface area contributed by atoms with Crippen molar-refractivity contribution in [3.63, 3.8) is 0 Å². The van der Waals surface area contributed by atoms with Crippen LogP contribution in [0.2, 0.25) is 0 Å². The summed E-state index contributed by atoms with van der Waals surface area (Å²) in [5.74, 6) is -0.821. The zero-order valence-corrected chi connectivity index (χ0v) is 9.24. The molecule has 0 amide bonds. The van der Waals surface area contributed by atoms with Crippen LogP contribution < -0.4 is 5.14 Å². The molecule has 0 aliphatic carbocycles. The first-order chi connectivity index (χ1) is 7.64. The fourth-order valence-corrected chi connectivity index (χ4v) is 1.87. The molecular formula is C7H7F2N3O4S. The second-order valence-electron chi connectivity index (χ2n) is 3.13. The summed E-state index contributed by atoms with van der Waals surface area (Å²) in [5, 5.41) is 14.0. The Morgan fingerprint density at radius 3 is 2.41 bits per heavy atom. The van der Waals surface area contributed by atoms with Gasteiger partial charge in [0.05, 0.1) is 5.56 Å². The van der Waals surface area contributed by atoms with E-state index in [2.05, 4.69) is 10.1 Å². The molecule has 2 N–H and O–H groups in total. The van der Waals surface area contributed by atoms with Crippen LogP contribution in [0.3, 0.4) is 0 Å². The van der Waals surface area contributed by atoms with Gasteiger partial charge in [-0.25, -0.2) is 22.3 Å². The zero-order valence-electron chi connectivity index (χ0n) is 8.42. The first kappa shape index (κ1) is 13.4. The number of primary sulfonamides is 1. The van der Waals surface area contributed by atoms with Crippen molar-refractivity contribution in [1.29, 1.82) is 0 Å². The number of nitrogens with zero attached hydrogens (tertiary/aromatic N) is 2. The van der Waals surface area contributed by atoms with Crippen LogP contribution in [0.15, 0.2) is 11.1 Å². The molecule has 0 atom stereocenters. The monoisotopic (exact) mass is 267 g/mol. The zero-order chi connectivity index (χ0) is 13.4. The SMILES string of the molecule is Cc1cc(C(F)F)c(S(N)(=O)=O)nc1[N+](=O)[O-]. The maximum Gasteiger partial charge on any atom is 0.367 e. The van der Waals surface area contributed by atoms with Gasteiger partial charge >= 0.3 is 5.82 Å². The number of pyridine rings is 1. The highest BCUT2D eigenvalue weighted by molar-refractivity contribution is 7.89. The predicted octanol–water partition coefficient (Wildman–Crippen LogP) is 0.883. The number of halogens is 2. The molecule has 0 saturated carbocycles. The smallest absolute Gasteiger partial charge is 0.358 e. The van der Waals surface area contributed by atoms with Crippen LogP contribution >= 0.6 is 0 Å². The van der Waals surface area contributed by atoms with Crippen LogP contribution in [0.1, 0.15) is 17.6 Å². The minimum Gasteiger partial charge on any atom is -0.358 e. The minimum atomic E-state index is -4.55. The van der Waals surface area contributed by atoms with Gasteiger partial charge in [-0.3, -0.25) is 0 Å². The summed E-state index contributed by atoms with van der Waals surface area (Å²) >= 11 is 0. The molecule has 0 aliphatic rings. The number of nitro groups is 1. The Bertz CT molecular complexity index is 573. The molecule has 0 fully saturated rings. The van der Waals surface area contributed by atoms with Crippen molar-refractivity contribution in [3.05, 3.63) is 27.3 Å². The van der Waals surface area contributed by atoms with Gasteiger partial charge in [0.25, 0.3) is 21.5 Å². The molecular weight excluding hydrogens is 260 g/mol. The lowest BCUT2D eigenvalue weighted by Gasteiger charge is -2.04. The van der Waals surface area contributed by atoms with Crippen molar-refractivity contribution in [2.45, 2.75) is 18.4 Å². The number of alkyl halides is 2. The van der Waals surface area contributed by atoms with Crippen molar-refractivity contribution in [2.75, 3.05) is 0 Å². The number of nitrogens with two attached hydrogens (primary N) is 1. The minimum absolute atomic E-state index is 0.169. The van der Waals surface area contributed by atoms with Gasteiger partial charge in [-0.2, -0.15) is 0 Å². The molecule has 0 saturated heterocycles. The van der Waals surface area contributed by atoms with Crippen molar-refractivity contribution < 1.29 is 22.1 Å². The third kappa shape index (κ3) is 2.71. The lowest BCUT2D eigenvalue weighted by atomic mass is 10.2. The number of hydrogen-bond acceptors (Lipinski definition) is 5. The van der Waals surface area contributed by atoms with E-state index in [1.165, 1.54) is 6.92 Å². The summed E-state index contributed by atoms with van der Waals surface area (Å²) in [4.78, 5) is 12.6. The lowest BCUT2D eigenvalue weighted by Crippen LogP contribution is -2.18. The largest absolute Gasteiger partial charge is 0.367 e. The Morgan fingerprint density at radius 1 is 1.53 bits per heavy atom. The molecule has 17 heavy (non-hydrogen) atoms. The van der Waals surface area contributed by atoms with Crippen molar-refractivity contribution in [1.82, 2.24) is 4.98 Å². The highest BCUT2D eigenvalue weighted by Crippen LogP contribution is 2.28. The molecule has 0 aliphatic heterocycles. The molecule has 0 bridgehead atoms. The van der Waals surface area contributed by atoms with E-state index in [1.807, 2.05) is 0 Å². The van der Waals surface area contributed by atoms with E-state index in [1.54, 1.807) is 0 Å². The first-order valence-corrected chi connectivity index (χ1v) is 5.66. The summed E-state index contributed by atoms with van der Waals surface area (Å²) < 4.78 is 47.1. The molecule has 0 unspecified atom stereocenters. The number of aromatic nitrogens is 1. The van der Waals surface area contributed by atoms with Crippen molar-refractivity contribution >= 4 is 15.8 Å². The third-order valence-corrected chi connectivity index (χ3v) is 2.72. The summed E-state index contributed by atoms with van der Waals surface area (Å²) in [5.41, 5.74) is -1.12. The highest BCUT2D eigenvalue weighted by atomic mass is 32.2. The van der Waals surface area contributed by atoms with Gasteiger partial charge in [0.2, 0.25) is 0 Å². The normalized spacial score (nSPS) is 11.8. The molecule has 0 aromatic carbocycles. The second kappa shape index (κ2) is 4.30. The molecule has 7 nitrogen and oxygen atoms in total. The maximum atomic E-state index is 12.5. The number of aryl methyl sites for hydroxylation is 1. The Balaban J connectivity index is 3.66. The Labute approximate surface area is 94.5 Å². The van der Waals surface area contributed by atoms with Crippen LogP contribution in [0, 0.1) is 17.0 Å². The van der Waals surface area contributed by atoms with Crippen LogP contribution in [-0.2, 0) is 10.0 Å². The lowest BCUT2D eigenvalue weighted by molar-refractivity contribution is -0.390. The van der Waals surface area contributed by atoms with E-state index in [-0.39, 0.29) is 5.56 Å². The fourth-order valence-electron chi connectivity index (χ4n) is 1.18. The molecule has 94 valence electrons. The van der Waals surface area contributed by atoms with E-state index in [4.69, 9.17) is 0 Å². The number of sulfonamides is 1. The summed E-state index contributed by atoms with van der Waals surface area (Å²) in [6.07, 6.45) is -3.14. The third-order valence-electron chi connectivity index (χ3n) is 1.86. The molecule has 1 rings (SSSR count). The van der Waals surface area contributed by atoms with Gasteiger partial charge in [0, 0.05) is 5.56 Å². The van der Waals surface area contributed by atoms with E-state index < -0.39 is 37.8 Å². The van der Waals surface area contributed by atoms with E-state index in [0.717, 1.165) is 0 Å². The van der Waals surface area contributed by atoms with Gasteiger partial charge in [-0.05, 0) is 22.9 Å². The van der Waals surface area contributed by atoms with Gasteiger partial charge in [-0.1, -0.05) is 0 Å². The standard InChI is InChI=1S/C7H7F2N3O4S/c1-3-2-4(5(8)9)7(17(10,15)16)11-6(3)12(13)14/h2,5H,1H3,(H2,10,15,16). The van der Waals surface area contributed by atoms with Gasteiger partial charge in [0.15, 0.2) is 0 Å². The van der Waals surface area contributed by atoms with Crippen molar-refractivity contribution in [2.24, 2.45) is 5.14 Å². The molecule has 1 aromatic rings. The van der Waals surface area contributed by atoms with Crippen LogP contribution in [0.4, 0.5) is 14.6 Å². The molecule has 0 radical (unpaired) electrons. The molecule has 1 aromatic heterocycles. The molecule has 0 spiro atoms. The van der Waals surface area contributed by atoms with Crippen LogP contribution in [0.25, 0.3) is 0 Å². The summed E-state index contributed by atoms with van der Waals surface area (Å²) in [7, 11) is -4.55. The topological polar surface area (TPSA) is 116 Å². The van der Waals surface area contributed by atoms with Crippen LogP contribution in [0.5, 0.6) is 0 Å². The first-order valence-electron chi connectivity index (χ1n) is 4.11. The average molecular weight is 267 g/mol. The van der Waals surface area contributed by atoms with Gasteiger partial charge in [0.1, 0.15) is 0 Å². The van der Waals surface area contributed by atoms with E-state index in [0.29, 0.717) is 6.07 Å². The summed E-state index contributed by atoms with van der Waals surface area (Å²) in [6.45, 7) is 1.17. The average Bonchev–Trinajstić information content (AvgIpc) is 2.14. The van der Waals surface area contributed by atoms with Gasteiger partial charge < -0.3 is 10.1 Å². The van der Waals surface area contributed by atoms with Gasteiger partial charge in [-0.15, -0.1) is 0 Å². The molecule has 10 heteroatoms. The predicted molar refractivity (Wildman–Crippen MR) is 52.0 cm³/mol. The van der Waals surface area contributed by atoms with Crippen LogP contribution in [-0.4, -0.2) is 18.3 Å². The molecule has 1 heterocycles. The van der Waals surface area contributed by atoms with Crippen molar-refractivity contribution in [3.8, 4) is 0 Å². The quantitative estimate of drug-likeness (QED) is 0.644.